The Morgan fingerprint density at radius 3 is 2.74 bits per heavy atom. The summed E-state index contributed by atoms with van der Waals surface area (Å²) in [6.45, 7) is 2.32. The van der Waals surface area contributed by atoms with E-state index in [4.69, 9.17) is 4.74 Å². The van der Waals surface area contributed by atoms with Gasteiger partial charge in [-0.25, -0.2) is 4.98 Å². The van der Waals surface area contributed by atoms with Crippen LogP contribution in [-0.2, 0) is 6.54 Å². The monoisotopic (exact) mass is 361 g/mol. The molecule has 2 aromatic heterocycles. The highest BCUT2D eigenvalue weighted by Gasteiger charge is 2.12. The molecular weight excluding hydrogens is 342 g/mol. The van der Waals surface area contributed by atoms with Gasteiger partial charge in [-0.05, 0) is 48.9 Å². The van der Waals surface area contributed by atoms with Gasteiger partial charge in [-0.1, -0.05) is 12.1 Å². The van der Waals surface area contributed by atoms with Crippen molar-refractivity contribution in [3.05, 3.63) is 65.6 Å². The predicted molar refractivity (Wildman–Crippen MR) is 103 cm³/mol. The summed E-state index contributed by atoms with van der Waals surface area (Å²) in [6, 6.07) is 15.2. The molecule has 0 aliphatic carbocycles. The molecule has 4 aromatic rings. The summed E-state index contributed by atoms with van der Waals surface area (Å²) >= 11 is 0. The Bertz CT molecular complexity index is 1100. The molecule has 2 heterocycles. The smallest absolute Gasteiger partial charge is 0.269 e. The van der Waals surface area contributed by atoms with Crippen molar-refractivity contribution < 1.29 is 9.53 Å². The fourth-order valence-corrected chi connectivity index (χ4v) is 2.92. The number of aromatic amines is 2. The van der Waals surface area contributed by atoms with E-state index in [1.807, 2.05) is 49.4 Å². The number of para-hydroxylation sites is 1. The van der Waals surface area contributed by atoms with E-state index >= 15 is 0 Å². The van der Waals surface area contributed by atoms with Crippen LogP contribution in [0.15, 0.2) is 48.5 Å². The number of carbonyl (C=O) groups is 1. The van der Waals surface area contributed by atoms with E-state index in [1.54, 1.807) is 13.2 Å². The van der Waals surface area contributed by atoms with Crippen molar-refractivity contribution in [2.75, 3.05) is 7.11 Å². The maximum absolute atomic E-state index is 12.4. The zero-order valence-corrected chi connectivity index (χ0v) is 15.0. The zero-order valence-electron chi connectivity index (χ0n) is 15.0. The standard InChI is InChI=1S/C20H19N5O2/c1-12-4-3-5-15-19(12)23-18(22-15)11-21-20(26)17-10-16(24-25-17)13-6-8-14(27-2)9-7-13/h3-10H,11H2,1-2H3,(H,21,26)(H,22,23)(H,24,25). The molecule has 7 heteroatoms. The van der Waals surface area contributed by atoms with Crippen LogP contribution in [0.3, 0.4) is 0 Å². The normalized spacial score (nSPS) is 10.9. The minimum Gasteiger partial charge on any atom is -0.497 e. The third kappa shape index (κ3) is 3.39. The number of methoxy groups -OCH3 is 1. The molecule has 0 spiro atoms. The maximum Gasteiger partial charge on any atom is 0.269 e. The van der Waals surface area contributed by atoms with Crippen LogP contribution in [0.25, 0.3) is 22.3 Å². The van der Waals surface area contributed by atoms with Crippen molar-refractivity contribution in [1.29, 1.82) is 0 Å². The van der Waals surface area contributed by atoms with Crippen LogP contribution >= 0.6 is 0 Å². The van der Waals surface area contributed by atoms with Gasteiger partial charge in [0.25, 0.3) is 5.91 Å². The number of imidazole rings is 1. The number of aryl methyl sites for hydroxylation is 1. The van der Waals surface area contributed by atoms with E-state index in [-0.39, 0.29) is 5.91 Å². The van der Waals surface area contributed by atoms with E-state index in [9.17, 15) is 4.79 Å². The summed E-state index contributed by atoms with van der Waals surface area (Å²) in [5.74, 6) is 1.25. The average Bonchev–Trinajstić information content (AvgIpc) is 3.34. The number of amides is 1. The highest BCUT2D eigenvalue weighted by Crippen LogP contribution is 2.21. The number of fused-ring (bicyclic) bond motifs is 1. The lowest BCUT2D eigenvalue weighted by Gasteiger charge is -2.00. The fourth-order valence-electron chi connectivity index (χ4n) is 2.92. The number of ether oxygens (including phenoxy) is 1. The number of carbonyl (C=O) groups excluding carboxylic acids is 1. The lowest BCUT2D eigenvalue weighted by Crippen LogP contribution is -2.23. The Hall–Kier alpha value is -3.61. The summed E-state index contributed by atoms with van der Waals surface area (Å²) < 4.78 is 5.15. The lowest BCUT2D eigenvalue weighted by molar-refractivity contribution is 0.0945. The summed E-state index contributed by atoms with van der Waals surface area (Å²) in [5, 5.41) is 9.85. The molecule has 0 saturated carbocycles. The first-order valence-corrected chi connectivity index (χ1v) is 8.56. The molecule has 0 unspecified atom stereocenters. The van der Waals surface area contributed by atoms with Crippen molar-refractivity contribution in [1.82, 2.24) is 25.5 Å². The van der Waals surface area contributed by atoms with E-state index < -0.39 is 0 Å². The fraction of sp³-hybridized carbons (Fsp3) is 0.150. The minimum absolute atomic E-state index is 0.237. The van der Waals surface area contributed by atoms with Crippen LogP contribution < -0.4 is 10.1 Å². The van der Waals surface area contributed by atoms with Crippen LogP contribution in [0.2, 0.25) is 0 Å². The average molecular weight is 361 g/mol. The first-order valence-electron chi connectivity index (χ1n) is 8.56. The topological polar surface area (TPSA) is 95.7 Å². The van der Waals surface area contributed by atoms with Crippen molar-refractivity contribution >= 4 is 16.9 Å². The van der Waals surface area contributed by atoms with Crippen molar-refractivity contribution in [3.8, 4) is 17.0 Å². The second-order valence-electron chi connectivity index (χ2n) is 6.23. The third-order valence-corrected chi connectivity index (χ3v) is 4.39. The largest absolute Gasteiger partial charge is 0.497 e. The molecule has 4 rings (SSSR count). The Balaban J connectivity index is 1.45. The Labute approximate surface area is 155 Å². The first kappa shape index (κ1) is 16.8. The zero-order chi connectivity index (χ0) is 18.8. The molecule has 136 valence electrons. The molecule has 0 fully saturated rings. The van der Waals surface area contributed by atoms with E-state index in [2.05, 4.69) is 25.5 Å². The van der Waals surface area contributed by atoms with Gasteiger partial charge in [0.15, 0.2) is 0 Å². The van der Waals surface area contributed by atoms with E-state index in [1.165, 1.54) is 0 Å². The second kappa shape index (κ2) is 6.95. The number of H-pyrrole nitrogens is 2. The number of rotatable bonds is 5. The molecule has 0 aliphatic rings. The second-order valence-corrected chi connectivity index (χ2v) is 6.23. The van der Waals surface area contributed by atoms with Crippen LogP contribution in [0.4, 0.5) is 0 Å². The Morgan fingerprint density at radius 2 is 2.00 bits per heavy atom. The minimum atomic E-state index is -0.237. The highest BCUT2D eigenvalue weighted by molar-refractivity contribution is 5.93. The van der Waals surface area contributed by atoms with Crippen molar-refractivity contribution in [2.24, 2.45) is 0 Å². The molecule has 0 radical (unpaired) electrons. The number of hydrogen-bond donors (Lipinski definition) is 3. The summed E-state index contributed by atoms with van der Waals surface area (Å²) in [4.78, 5) is 20.2. The van der Waals surface area contributed by atoms with Crippen LogP contribution in [0, 0.1) is 6.92 Å². The highest BCUT2D eigenvalue weighted by atomic mass is 16.5. The predicted octanol–water partition coefficient (Wildman–Crippen LogP) is 3.20. The van der Waals surface area contributed by atoms with Gasteiger partial charge in [0.05, 0.1) is 30.4 Å². The van der Waals surface area contributed by atoms with E-state index in [0.29, 0.717) is 23.8 Å². The quantitative estimate of drug-likeness (QED) is 0.509. The number of aromatic nitrogens is 4. The SMILES string of the molecule is COc1ccc(-c2cc(C(=O)NCc3nc4c(C)cccc4[nH]3)[nH]n2)cc1. The van der Waals surface area contributed by atoms with Crippen LogP contribution in [0.5, 0.6) is 5.75 Å². The van der Waals surface area contributed by atoms with Crippen molar-refractivity contribution in [3.63, 3.8) is 0 Å². The van der Waals surface area contributed by atoms with Gasteiger partial charge in [0, 0.05) is 5.56 Å². The van der Waals surface area contributed by atoms with Gasteiger partial charge in [-0.15, -0.1) is 0 Å². The van der Waals surface area contributed by atoms with Gasteiger partial charge >= 0.3 is 0 Å². The molecule has 0 atom stereocenters. The van der Waals surface area contributed by atoms with Gasteiger partial charge < -0.3 is 15.0 Å². The molecule has 27 heavy (non-hydrogen) atoms. The van der Waals surface area contributed by atoms with Gasteiger partial charge in [-0.2, -0.15) is 5.10 Å². The summed E-state index contributed by atoms with van der Waals surface area (Å²) in [6.07, 6.45) is 0. The molecule has 0 aliphatic heterocycles. The molecule has 0 bridgehead atoms. The molecule has 7 nitrogen and oxygen atoms in total. The Kier molecular flexibility index (Phi) is 4.33. The maximum atomic E-state index is 12.4. The number of nitrogens with one attached hydrogen (secondary N) is 3. The molecule has 3 N–H and O–H groups in total. The molecule has 2 aromatic carbocycles. The lowest BCUT2D eigenvalue weighted by atomic mass is 10.1. The first-order chi connectivity index (χ1) is 13.1. The number of hydrogen-bond acceptors (Lipinski definition) is 4. The summed E-state index contributed by atoms with van der Waals surface area (Å²) in [5.41, 5.74) is 4.97. The number of nitrogens with zero attached hydrogens (tertiary/aromatic N) is 2. The third-order valence-electron chi connectivity index (χ3n) is 4.39. The molecular formula is C20H19N5O2. The van der Waals surface area contributed by atoms with Crippen LogP contribution in [-0.4, -0.2) is 33.2 Å². The molecule has 0 saturated heterocycles. The van der Waals surface area contributed by atoms with Gasteiger partial charge in [0.1, 0.15) is 17.3 Å². The van der Waals surface area contributed by atoms with Gasteiger partial charge in [-0.3, -0.25) is 9.89 Å². The molecule has 1 amide bonds. The number of benzene rings is 2. The van der Waals surface area contributed by atoms with Crippen molar-refractivity contribution in [2.45, 2.75) is 13.5 Å². The van der Waals surface area contributed by atoms with Crippen LogP contribution in [0.1, 0.15) is 21.9 Å². The van der Waals surface area contributed by atoms with E-state index in [0.717, 1.165) is 27.9 Å². The Morgan fingerprint density at radius 1 is 1.19 bits per heavy atom. The van der Waals surface area contributed by atoms with Gasteiger partial charge in [0.2, 0.25) is 0 Å². The summed E-state index contributed by atoms with van der Waals surface area (Å²) in [7, 11) is 1.62.